The smallest absolute Gasteiger partial charge is 0.340 e. The van der Waals surface area contributed by atoms with E-state index in [-0.39, 0.29) is 21.3 Å². The quantitative estimate of drug-likeness (QED) is 0.580. The molecule has 0 atom stereocenters. The minimum absolute atomic E-state index is 0.00488. The Balaban J connectivity index is 2.08. The minimum atomic E-state index is -3.54. The van der Waals surface area contributed by atoms with Crippen LogP contribution >= 0.6 is 11.6 Å². The fourth-order valence-electron chi connectivity index (χ4n) is 2.19. The highest BCUT2D eigenvalue weighted by molar-refractivity contribution is 7.90. The third kappa shape index (κ3) is 5.38. The van der Waals surface area contributed by atoms with Crippen molar-refractivity contribution in [2.75, 3.05) is 18.2 Å². The molecule has 2 rings (SSSR count). The van der Waals surface area contributed by atoms with E-state index in [1.165, 1.54) is 19.1 Å². The molecule has 0 spiro atoms. The Bertz CT molecular complexity index is 1020. The second kappa shape index (κ2) is 8.32. The molecule has 0 unspecified atom stereocenters. The lowest BCUT2D eigenvalue weighted by atomic mass is 10.1. The van der Waals surface area contributed by atoms with Crippen molar-refractivity contribution in [3.63, 3.8) is 0 Å². The molecule has 0 saturated heterocycles. The SMILES string of the molecule is CC(=O)c1ccccc1NC(=O)COC(=O)c1cc(S(C)(=O)=O)ccc1Cl. The molecule has 27 heavy (non-hydrogen) atoms. The molecule has 0 fully saturated rings. The Morgan fingerprint density at radius 3 is 2.37 bits per heavy atom. The number of hydrogen-bond acceptors (Lipinski definition) is 6. The van der Waals surface area contributed by atoms with Gasteiger partial charge in [0.2, 0.25) is 0 Å². The van der Waals surface area contributed by atoms with Gasteiger partial charge in [0.1, 0.15) is 0 Å². The highest BCUT2D eigenvalue weighted by atomic mass is 35.5. The molecular formula is C18H16ClNO6S. The molecule has 2 aromatic carbocycles. The van der Waals surface area contributed by atoms with Crippen molar-refractivity contribution >= 4 is 44.8 Å². The van der Waals surface area contributed by atoms with E-state index in [1.807, 2.05) is 0 Å². The molecule has 0 radical (unpaired) electrons. The molecule has 1 N–H and O–H groups in total. The molecular weight excluding hydrogens is 394 g/mol. The number of sulfone groups is 1. The number of carbonyl (C=O) groups excluding carboxylic acids is 3. The van der Waals surface area contributed by atoms with E-state index in [0.717, 1.165) is 12.3 Å². The number of halogens is 1. The van der Waals surface area contributed by atoms with Crippen molar-refractivity contribution in [1.82, 2.24) is 0 Å². The monoisotopic (exact) mass is 409 g/mol. The van der Waals surface area contributed by atoms with Gasteiger partial charge in [-0.2, -0.15) is 0 Å². The Morgan fingerprint density at radius 1 is 1.07 bits per heavy atom. The van der Waals surface area contributed by atoms with Crippen LogP contribution in [0, 0.1) is 0 Å². The summed E-state index contributed by atoms with van der Waals surface area (Å²) in [6.07, 6.45) is 0.991. The van der Waals surface area contributed by atoms with Crippen LogP contribution in [0.15, 0.2) is 47.4 Å². The lowest BCUT2D eigenvalue weighted by Gasteiger charge is -2.10. The summed E-state index contributed by atoms with van der Waals surface area (Å²) in [7, 11) is -3.54. The molecule has 0 aliphatic heterocycles. The van der Waals surface area contributed by atoms with Crippen LogP contribution in [0.3, 0.4) is 0 Å². The van der Waals surface area contributed by atoms with Gasteiger partial charge in [0.15, 0.2) is 22.2 Å². The summed E-state index contributed by atoms with van der Waals surface area (Å²) in [5, 5.41) is 2.48. The number of para-hydroxylation sites is 1. The van der Waals surface area contributed by atoms with Crippen LogP contribution in [0.1, 0.15) is 27.6 Å². The van der Waals surface area contributed by atoms with E-state index in [0.29, 0.717) is 11.3 Å². The van der Waals surface area contributed by atoms with E-state index >= 15 is 0 Å². The van der Waals surface area contributed by atoms with E-state index in [9.17, 15) is 22.8 Å². The van der Waals surface area contributed by atoms with Crippen LogP contribution < -0.4 is 5.32 Å². The molecule has 0 saturated carbocycles. The van der Waals surface area contributed by atoms with Crippen molar-refractivity contribution < 1.29 is 27.5 Å². The molecule has 1 amide bonds. The van der Waals surface area contributed by atoms with Crippen LogP contribution in [0.2, 0.25) is 5.02 Å². The minimum Gasteiger partial charge on any atom is -0.452 e. The van der Waals surface area contributed by atoms with Crippen LogP contribution in [-0.4, -0.2) is 38.9 Å². The fourth-order valence-corrected chi connectivity index (χ4v) is 3.03. The first kappa shape index (κ1) is 20.6. The largest absolute Gasteiger partial charge is 0.452 e. The molecule has 0 heterocycles. The highest BCUT2D eigenvalue weighted by Crippen LogP contribution is 2.21. The van der Waals surface area contributed by atoms with Crippen molar-refractivity contribution in [3.05, 3.63) is 58.6 Å². The van der Waals surface area contributed by atoms with Gasteiger partial charge < -0.3 is 10.1 Å². The second-order valence-electron chi connectivity index (χ2n) is 5.64. The summed E-state index contributed by atoms with van der Waals surface area (Å²) in [5.74, 6) is -1.83. The first-order valence-electron chi connectivity index (χ1n) is 7.66. The molecule has 9 heteroatoms. The first-order valence-corrected chi connectivity index (χ1v) is 9.93. The third-order valence-electron chi connectivity index (χ3n) is 3.50. The van der Waals surface area contributed by atoms with Crippen LogP contribution in [0.25, 0.3) is 0 Å². The molecule has 142 valence electrons. The molecule has 0 aromatic heterocycles. The van der Waals surface area contributed by atoms with Crippen molar-refractivity contribution in [1.29, 1.82) is 0 Å². The number of nitrogens with one attached hydrogen (secondary N) is 1. The number of benzene rings is 2. The van der Waals surface area contributed by atoms with Crippen LogP contribution in [0.4, 0.5) is 5.69 Å². The summed E-state index contributed by atoms with van der Waals surface area (Å²) >= 11 is 5.91. The van der Waals surface area contributed by atoms with Gasteiger partial charge in [-0.1, -0.05) is 23.7 Å². The van der Waals surface area contributed by atoms with Crippen LogP contribution in [0.5, 0.6) is 0 Å². The summed E-state index contributed by atoms with van der Waals surface area (Å²) in [6.45, 7) is 0.728. The van der Waals surface area contributed by atoms with Gasteiger partial charge in [-0.25, -0.2) is 13.2 Å². The Hall–Kier alpha value is -2.71. The summed E-state index contributed by atoms with van der Waals surface area (Å²) < 4.78 is 28.1. The zero-order valence-electron chi connectivity index (χ0n) is 14.5. The highest BCUT2D eigenvalue weighted by Gasteiger charge is 2.18. The van der Waals surface area contributed by atoms with Gasteiger partial charge in [-0.05, 0) is 37.3 Å². The van der Waals surface area contributed by atoms with Crippen molar-refractivity contribution in [2.45, 2.75) is 11.8 Å². The number of amides is 1. The van der Waals surface area contributed by atoms with Gasteiger partial charge in [0, 0.05) is 11.8 Å². The maximum Gasteiger partial charge on any atom is 0.340 e. The molecule has 0 bridgehead atoms. The number of esters is 1. The number of carbonyl (C=O) groups is 3. The molecule has 0 aliphatic rings. The van der Waals surface area contributed by atoms with Gasteiger partial charge in [0.25, 0.3) is 5.91 Å². The molecule has 7 nitrogen and oxygen atoms in total. The number of ether oxygens (including phenoxy) is 1. The first-order chi connectivity index (χ1) is 12.6. The topological polar surface area (TPSA) is 107 Å². The predicted octanol–water partition coefficient (Wildman–Crippen LogP) is 2.74. The lowest BCUT2D eigenvalue weighted by Crippen LogP contribution is -2.22. The zero-order chi connectivity index (χ0) is 20.2. The van der Waals surface area contributed by atoms with Crippen LogP contribution in [-0.2, 0) is 19.4 Å². The van der Waals surface area contributed by atoms with Crippen molar-refractivity contribution in [3.8, 4) is 0 Å². The van der Waals surface area contributed by atoms with Gasteiger partial charge in [0.05, 0.1) is 21.2 Å². The second-order valence-corrected chi connectivity index (χ2v) is 8.06. The number of rotatable bonds is 6. The van der Waals surface area contributed by atoms with Gasteiger partial charge in [-0.15, -0.1) is 0 Å². The van der Waals surface area contributed by atoms with E-state index < -0.39 is 28.3 Å². The number of ketones is 1. The van der Waals surface area contributed by atoms with Gasteiger partial charge >= 0.3 is 5.97 Å². The third-order valence-corrected chi connectivity index (χ3v) is 4.94. The maximum atomic E-state index is 12.1. The van der Waals surface area contributed by atoms with E-state index in [1.54, 1.807) is 24.3 Å². The Morgan fingerprint density at radius 2 is 1.74 bits per heavy atom. The predicted molar refractivity (Wildman–Crippen MR) is 99.9 cm³/mol. The summed E-state index contributed by atoms with van der Waals surface area (Å²) in [4.78, 5) is 35.6. The maximum absolute atomic E-state index is 12.1. The number of anilines is 1. The zero-order valence-corrected chi connectivity index (χ0v) is 16.1. The Kier molecular flexibility index (Phi) is 6.35. The Labute approximate surface area is 161 Å². The average Bonchev–Trinajstić information content (AvgIpc) is 2.59. The summed E-state index contributed by atoms with van der Waals surface area (Å²) in [5.41, 5.74) is 0.445. The number of Topliss-reactive ketones (excluding diaryl/α,β-unsaturated/α-hetero) is 1. The van der Waals surface area contributed by atoms with Gasteiger partial charge in [-0.3, -0.25) is 9.59 Å². The number of hydrogen-bond donors (Lipinski definition) is 1. The van der Waals surface area contributed by atoms with Crippen molar-refractivity contribution in [2.24, 2.45) is 0 Å². The molecule has 0 aliphatic carbocycles. The average molecular weight is 410 g/mol. The summed E-state index contributed by atoms with van der Waals surface area (Å²) in [6, 6.07) is 10.0. The standard InChI is InChI=1S/C18H16ClNO6S/c1-11(21)13-5-3-4-6-16(13)20-17(22)10-26-18(23)14-9-12(27(2,24)25)7-8-15(14)19/h3-9H,10H2,1-2H3,(H,20,22). The van der Waals surface area contributed by atoms with E-state index in [2.05, 4.69) is 5.32 Å². The molecule has 2 aromatic rings. The normalized spacial score (nSPS) is 10.9. The lowest BCUT2D eigenvalue weighted by molar-refractivity contribution is -0.119. The fraction of sp³-hybridized carbons (Fsp3) is 0.167. The van der Waals surface area contributed by atoms with E-state index in [4.69, 9.17) is 16.3 Å².